The van der Waals surface area contributed by atoms with Gasteiger partial charge in [0.15, 0.2) is 0 Å². The number of benzene rings is 5. The minimum atomic E-state index is 0.270. The molecule has 0 bridgehead atoms. The van der Waals surface area contributed by atoms with E-state index in [0.29, 0.717) is 0 Å². The van der Waals surface area contributed by atoms with E-state index < -0.39 is 0 Å². The van der Waals surface area contributed by atoms with Gasteiger partial charge in [0.1, 0.15) is 0 Å². The van der Waals surface area contributed by atoms with Crippen LogP contribution in [0.1, 0.15) is 0 Å². The molecule has 0 unspecified atom stereocenters. The van der Waals surface area contributed by atoms with Crippen molar-refractivity contribution in [2.24, 2.45) is 0 Å². The number of aromatic nitrogens is 1. The van der Waals surface area contributed by atoms with E-state index in [1.165, 1.54) is 63.5 Å². The summed E-state index contributed by atoms with van der Waals surface area (Å²) in [7, 11) is 0. The van der Waals surface area contributed by atoms with E-state index in [0.717, 1.165) is 0 Å². The summed E-state index contributed by atoms with van der Waals surface area (Å²) in [5, 5.41) is 2.63. The molecule has 0 saturated carbocycles. The van der Waals surface area contributed by atoms with Gasteiger partial charge in [0.2, 0.25) is 6.71 Å². The Kier molecular flexibility index (Phi) is 3.96. The van der Waals surface area contributed by atoms with Gasteiger partial charge in [-0.3, -0.25) is 0 Å². The summed E-state index contributed by atoms with van der Waals surface area (Å²) >= 11 is 3.86. The lowest BCUT2D eigenvalue weighted by atomic mass is 9.36. The zero-order valence-electron chi connectivity index (χ0n) is 18.2. The van der Waals surface area contributed by atoms with Crippen molar-refractivity contribution in [3.8, 4) is 5.69 Å². The highest BCUT2D eigenvalue weighted by Crippen LogP contribution is 2.43. The van der Waals surface area contributed by atoms with E-state index in [1.54, 1.807) is 0 Å². The molecule has 0 spiro atoms. The summed E-state index contributed by atoms with van der Waals surface area (Å²) in [6.45, 7) is 0.270. The molecule has 6 aromatic rings. The van der Waals surface area contributed by atoms with Crippen LogP contribution in [0.2, 0.25) is 0 Å². The molecule has 158 valence electrons. The van der Waals surface area contributed by atoms with E-state index in [2.05, 4.69) is 114 Å². The summed E-state index contributed by atoms with van der Waals surface area (Å²) in [5.74, 6) is 0. The molecule has 4 heteroatoms. The molecular weight excluding hydrogens is 449 g/mol. The Morgan fingerprint density at radius 2 is 1.26 bits per heavy atom. The molecule has 0 fully saturated rings. The van der Waals surface area contributed by atoms with Gasteiger partial charge in [-0.05, 0) is 41.9 Å². The van der Waals surface area contributed by atoms with Gasteiger partial charge in [-0.1, -0.05) is 107 Å². The van der Waals surface area contributed by atoms with Crippen LogP contribution in [0, 0.1) is 0 Å². The molecule has 1 aromatic heterocycles. The van der Waals surface area contributed by atoms with Crippen LogP contribution in [0.3, 0.4) is 0 Å². The van der Waals surface area contributed by atoms with Gasteiger partial charge < -0.3 is 4.57 Å². The largest absolute Gasteiger partial charge is 0.308 e. The predicted molar refractivity (Wildman–Crippen MR) is 147 cm³/mol. The number of rotatable bonds is 1. The molecule has 0 aliphatic carbocycles. The average molecular weight is 467 g/mol. The molecular formula is C30H18BNS2. The van der Waals surface area contributed by atoms with Gasteiger partial charge in [0, 0.05) is 36.0 Å². The van der Waals surface area contributed by atoms with Crippen LogP contribution < -0.4 is 16.4 Å². The molecule has 2 aliphatic rings. The topological polar surface area (TPSA) is 4.93 Å². The van der Waals surface area contributed by atoms with Crippen LogP contribution in [0.15, 0.2) is 129 Å². The maximum Gasteiger partial charge on any atom is 0.247 e. The number of fused-ring (bicyclic) bond motifs is 8. The maximum atomic E-state index is 2.47. The summed E-state index contributed by atoms with van der Waals surface area (Å²) in [6.07, 6.45) is 0. The fourth-order valence-electron chi connectivity index (χ4n) is 5.73. The van der Waals surface area contributed by atoms with Crippen molar-refractivity contribution >= 4 is 68.4 Å². The first kappa shape index (κ1) is 19.0. The molecule has 2 aliphatic heterocycles. The molecule has 1 nitrogen and oxygen atoms in total. The molecule has 0 radical (unpaired) electrons. The molecule has 0 amide bonds. The highest BCUT2D eigenvalue weighted by molar-refractivity contribution is 8.01. The third-order valence-electron chi connectivity index (χ3n) is 7.12. The zero-order valence-corrected chi connectivity index (χ0v) is 19.9. The molecule has 8 rings (SSSR count). The Morgan fingerprint density at radius 1 is 0.529 bits per heavy atom. The quantitative estimate of drug-likeness (QED) is 0.264. The molecule has 0 N–H and O–H groups in total. The third-order valence-corrected chi connectivity index (χ3v) is 9.50. The van der Waals surface area contributed by atoms with Crippen molar-refractivity contribution in [1.82, 2.24) is 4.57 Å². The van der Waals surface area contributed by atoms with Gasteiger partial charge >= 0.3 is 0 Å². The first-order chi connectivity index (χ1) is 16.9. The molecule has 0 saturated heterocycles. The van der Waals surface area contributed by atoms with Gasteiger partial charge in [-0.15, -0.1) is 0 Å². The van der Waals surface area contributed by atoms with Crippen molar-refractivity contribution < 1.29 is 0 Å². The van der Waals surface area contributed by atoms with Gasteiger partial charge in [-0.2, -0.15) is 0 Å². The number of hydrogen-bond acceptors (Lipinski definition) is 2. The molecule has 3 heterocycles. The lowest BCUT2D eigenvalue weighted by molar-refractivity contribution is 1.16. The standard InChI is InChI=1S/C30H18BNS2/c1-2-9-19(10-3-1)32-24-13-6-4-11-20(24)21-17-18-23-30(29(21)32)34-27-16-8-15-26-28(27)31(23)22-12-5-7-14-25(22)33-26/h1-18H. The zero-order chi connectivity index (χ0) is 22.2. The smallest absolute Gasteiger partial charge is 0.247 e. The van der Waals surface area contributed by atoms with Crippen molar-refractivity contribution in [2.75, 3.05) is 0 Å². The Morgan fingerprint density at radius 3 is 2.18 bits per heavy atom. The fourth-order valence-corrected chi connectivity index (χ4v) is 8.27. The summed E-state index contributed by atoms with van der Waals surface area (Å²) < 4.78 is 2.47. The first-order valence-electron chi connectivity index (χ1n) is 11.6. The minimum absolute atomic E-state index is 0.270. The Labute approximate surface area is 206 Å². The summed E-state index contributed by atoms with van der Waals surface area (Å²) in [5.41, 5.74) is 8.12. The first-order valence-corrected chi connectivity index (χ1v) is 13.2. The maximum absolute atomic E-state index is 2.47. The fraction of sp³-hybridized carbons (Fsp3) is 0. The van der Waals surface area contributed by atoms with Crippen molar-refractivity contribution in [3.05, 3.63) is 109 Å². The van der Waals surface area contributed by atoms with Crippen LogP contribution in [-0.4, -0.2) is 11.3 Å². The summed E-state index contributed by atoms with van der Waals surface area (Å²) in [4.78, 5) is 5.53. The van der Waals surface area contributed by atoms with E-state index in [-0.39, 0.29) is 6.71 Å². The third kappa shape index (κ3) is 2.50. The van der Waals surface area contributed by atoms with Gasteiger partial charge in [0.25, 0.3) is 0 Å². The second-order valence-electron chi connectivity index (χ2n) is 8.91. The van der Waals surface area contributed by atoms with E-state index in [9.17, 15) is 0 Å². The minimum Gasteiger partial charge on any atom is -0.308 e. The Balaban J connectivity index is 1.53. The van der Waals surface area contributed by atoms with Crippen LogP contribution in [-0.2, 0) is 0 Å². The highest BCUT2D eigenvalue weighted by Gasteiger charge is 2.39. The van der Waals surface area contributed by atoms with Crippen LogP contribution in [0.4, 0.5) is 0 Å². The average Bonchev–Trinajstić information content (AvgIpc) is 3.24. The molecule has 34 heavy (non-hydrogen) atoms. The van der Waals surface area contributed by atoms with Gasteiger partial charge in [-0.25, -0.2) is 0 Å². The van der Waals surface area contributed by atoms with E-state index in [1.807, 2.05) is 23.5 Å². The Bertz CT molecular complexity index is 1770. The monoisotopic (exact) mass is 467 g/mol. The SMILES string of the molecule is c1ccc(-n2c3ccccc3c3ccc4c(c32)Sc2cccc3c2B4c2ccccc2S3)cc1. The van der Waals surface area contributed by atoms with Crippen LogP contribution in [0.25, 0.3) is 27.5 Å². The second kappa shape index (κ2) is 7.08. The van der Waals surface area contributed by atoms with Crippen LogP contribution >= 0.6 is 23.5 Å². The molecule has 0 atom stereocenters. The summed E-state index contributed by atoms with van der Waals surface area (Å²) in [6, 6.07) is 40.1. The van der Waals surface area contributed by atoms with Crippen molar-refractivity contribution in [3.63, 3.8) is 0 Å². The van der Waals surface area contributed by atoms with Crippen LogP contribution in [0.5, 0.6) is 0 Å². The van der Waals surface area contributed by atoms with Gasteiger partial charge in [0.05, 0.1) is 11.0 Å². The number of para-hydroxylation sites is 2. The van der Waals surface area contributed by atoms with Crippen molar-refractivity contribution in [1.29, 1.82) is 0 Å². The van der Waals surface area contributed by atoms with E-state index in [4.69, 9.17) is 0 Å². The molecule has 5 aromatic carbocycles. The second-order valence-corrected chi connectivity index (χ2v) is 11.0. The highest BCUT2D eigenvalue weighted by atomic mass is 32.2. The lowest BCUT2D eigenvalue weighted by Crippen LogP contribution is -2.58. The normalized spacial score (nSPS) is 13.6. The number of nitrogens with zero attached hydrogens (tertiary/aromatic N) is 1. The number of hydrogen-bond donors (Lipinski definition) is 0. The van der Waals surface area contributed by atoms with Crippen molar-refractivity contribution in [2.45, 2.75) is 19.6 Å². The van der Waals surface area contributed by atoms with E-state index >= 15 is 0 Å². The Hall–Kier alpha value is -3.34. The predicted octanol–water partition coefficient (Wildman–Crippen LogP) is 6.23. The lowest BCUT2D eigenvalue weighted by Gasteiger charge is -2.33.